The maximum Gasteiger partial charge on any atom is 0.269 e. The summed E-state index contributed by atoms with van der Waals surface area (Å²) in [7, 11) is 0. The van der Waals surface area contributed by atoms with Crippen molar-refractivity contribution in [3.05, 3.63) is 245 Å². The fourth-order valence-electron chi connectivity index (χ4n) is 11.1. The second kappa shape index (κ2) is 19.0. The van der Waals surface area contributed by atoms with Gasteiger partial charge in [-0.25, -0.2) is 4.98 Å². The summed E-state index contributed by atoms with van der Waals surface area (Å²) in [5.41, 5.74) is 13.9. The normalized spacial score (nSPS) is 12.9. The summed E-state index contributed by atoms with van der Waals surface area (Å²) in [5, 5.41) is 2.32. The first-order valence-corrected chi connectivity index (χ1v) is 27.1. The molecule has 0 bridgehead atoms. The van der Waals surface area contributed by atoms with E-state index in [1.54, 1.807) is 0 Å². The topological polar surface area (TPSA) is 35.9 Å². The number of hydrogen-bond donors (Lipinski definition) is 0. The Bertz CT molecular complexity index is 3710. The molecule has 10 aromatic rings. The molecule has 0 N–H and O–H groups in total. The standard InChI is InChI=1S/C71H76N4O/c1-66(2,3)51-38-39-72-63(44-51)75-61-37-34-52(69(10,11)48-26-19-16-20-27-48)43-60(61)59-36-35-58(46-62(59)75)76-57-33-25-32-55(45-57)73-47-74(56-41-53(67(4,5)6)40-54(42-56)68(7,8)9)65(71(14,15)50-30-23-18-24-31-50)64(73)70(12,13)49-28-21-17-22-29-49/h16-46H,1-15H3. The highest BCUT2D eigenvalue weighted by Gasteiger charge is 2.40. The lowest BCUT2D eigenvalue weighted by molar-refractivity contribution is -0.611. The molecule has 0 aliphatic rings. The molecule has 0 amide bonds. The van der Waals surface area contributed by atoms with E-state index in [2.05, 4.69) is 306 Å². The summed E-state index contributed by atoms with van der Waals surface area (Å²) < 4.78 is 14.0. The largest absolute Gasteiger partial charge is 0.458 e. The first-order valence-electron chi connectivity index (χ1n) is 27.1. The molecule has 0 saturated heterocycles. The van der Waals surface area contributed by atoms with Crippen molar-refractivity contribution >= 4 is 21.8 Å². The van der Waals surface area contributed by atoms with Crippen LogP contribution >= 0.6 is 0 Å². The molecular weight excluding hydrogens is 925 g/mol. The molecule has 0 atom stereocenters. The quantitative estimate of drug-likeness (QED) is 0.0956. The first-order chi connectivity index (χ1) is 35.8. The number of fused-ring (bicyclic) bond motifs is 3. The maximum absolute atomic E-state index is 7.06. The van der Waals surface area contributed by atoms with Crippen molar-refractivity contribution in [3.63, 3.8) is 0 Å². The first kappa shape index (κ1) is 52.0. The zero-order valence-corrected chi connectivity index (χ0v) is 47.6. The molecule has 386 valence electrons. The van der Waals surface area contributed by atoms with Crippen LogP contribution in [0.2, 0.25) is 0 Å². The van der Waals surface area contributed by atoms with Crippen LogP contribution in [0, 0.1) is 6.33 Å². The second-order valence-corrected chi connectivity index (χ2v) is 25.7. The zero-order valence-electron chi connectivity index (χ0n) is 47.6. The highest BCUT2D eigenvalue weighted by molar-refractivity contribution is 6.10. The molecule has 0 saturated carbocycles. The predicted molar refractivity (Wildman–Crippen MR) is 317 cm³/mol. The van der Waals surface area contributed by atoms with Gasteiger partial charge < -0.3 is 4.74 Å². The SMILES string of the molecule is CC(C)(C)c1cc(-[n+]2[c-]n(-c3cccc(Oc4ccc5c6cc(C(C)(C)c7ccccc7)ccc6n(-c6cc(C(C)(C)C)ccn6)c5c4)c3)c(C(C)(C)c3ccccc3)c2C(C)(C)c2ccccc2)cc(C(C)(C)C)c1. The number of rotatable bonds is 11. The van der Waals surface area contributed by atoms with Crippen molar-refractivity contribution in [1.82, 2.24) is 14.1 Å². The van der Waals surface area contributed by atoms with Crippen LogP contribution in [0.4, 0.5) is 0 Å². The van der Waals surface area contributed by atoms with Crippen LogP contribution in [-0.2, 0) is 32.5 Å². The Morgan fingerprint density at radius 2 is 0.961 bits per heavy atom. The fraction of sp³-hybridized carbons (Fsp3) is 0.296. The van der Waals surface area contributed by atoms with Gasteiger partial charge in [-0.2, -0.15) is 0 Å². The van der Waals surface area contributed by atoms with E-state index < -0.39 is 10.8 Å². The predicted octanol–water partition coefficient (Wildman–Crippen LogP) is 17.7. The van der Waals surface area contributed by atoms with E-state index in [1.807, 2.05) is 6.20 Å². The highest BCUT2D eigenvalue weighted by Crippen LogP contribution is 2.44. The summed E-state index contributed by atoms with van der Waals surface area (Å²) in [6, 6.07) is 66.2. The minimum absolute atomic E-state index is 0.0564. The average molecular weight is 1000 g/mol. The zero-order chi connectivity index (χ0) is 54.2. The van der Waals surface area contributed by atoms with E-state index in [1.165, 1.54) is 50.0 Å². The summed E-state index contributed by atoms with van der Waals surface area (Å²) in [5.74, 6) is 2.34. The third kappa shape index (κ3) is 9.59. The van der Waals surface area contributed by atoms with Gasteiger partial charge in [0.25, 0.3) is 6.33 Å². The van der Waals surface area contributed by atoms with E-state index in [0.717, 1.165) is 50.8 Å². The summed E-state index contributed by atoms with van der Waals surface area (Å²) in [6.45, 7) is 34.7. The van der Waals surface area contributed by atoms with E-state index in [0.29, 0.717) is 0 Å². The van der Waals surface area contributed by atoms with Gasteiger partial charge in [-0.3, -0.25) is 13.7 Å². The van der Waals surface area contributed by atoms with Crippen molar-refractivity contribution in [2.24, 2.45) is 0 Å². The van der Waals surface area contributed by atoms with Gasteiger partial charge in [0.05, 0.1) is 33.8 Å². The van der Waals surface area contributed by atoms with Crippen LogP contribution in [0.15, 0.2) is 188 Å². The molecule has 0 unspecified atom stereocenters. The molecule has 0 aliphatic carbocycles. The van der Waals surface area contributed by atoms with Gasteiger partial charge in [0, 0.05) is 39.3 Å². The third-order valence-electron chi connectivity index (χ3n) is 16.1. The van der Waals surface area contributed by atoms with Crippen molar-refractivity contribution in [1.29, 1.82) is 0 Å². The third-order valence-corrected chi connectivity index (χ3v) is 16.1. The van der Waals surface area contributed by atoms with Gasteiger partial charge >= 0.3 is 0 Å². The van der Waals surface area contributed by atoms with Crippen molar-refractivity contribution in [2.45, 2.75) is 136 Å². The molecular formula is C71H76N4O. The number of imidazole rings is 1. The van der Waals surface area contributed by atoms with Crippen LogP contribution in [0.1, 0.15) is 154 Å². The Hall–Kier alpha value is -7.50. The fourth-order valence-corrected chi connectivity index (χ4v) is 11.1. The van der Waals surface area contributed by atoms with E-state index in [9.17, 15) is 0 Å². The lowest BCUT2D eigenvalue weighted by atomic mass is 9.73. The van der Waals surface area contributed by atoms with Gasteiger partial charge in [0.1, 0.15) is 17.3 Å². The number of hydrogen-bond acceptors (Lipinski definition) is 2. The van der Waals surface area contributed by atoms with Crippen molar-refractivity contribution in [3.8, 4) is 28.7 Å². The van der Waals surface area contributed by atoms with E-state index in [-0.39, 0.29) is 21.7 Å². The number of ether oxygens (including phenoxy) is 1. The molecule has 7 aromatic carbocycles. The molecule has 0 fully saturated rings. The minimum atomic E-state index is -0.483. The lowest BCUT2D eigenvalue weighted by Crippen LogP contribution is -2.43. The van der Waals surface area contributed by atoms with Crippen LogP contribution in [0.25, 0.3) is 39.0 Å². The van der Waals surface area contributed by atoms with Crippen LogP contribution in [-0.4, -0.2) is 14.1 Å². The molecule has 0 aliphatic heterocycles. The minimum Gasteiger partial charge on any atom is -0.458 e. The maximum atomic E-state index is 7.06. The van der Waals surface area contributed by atoms with Crippen molar-refractivity contribution in [2.75, 3.05) is 0 Å². The lowest BCUT2D eigenvalue weighted by Gasteiger charge is -2.35. The Morgan fingerprint density at radius 1 is 0.408 bits per heavy atom. The molecule has 5 heteroatoms. The molecule has 10 rings (SSSR count). The summed E-state index contributed by atoms with van der Waals surface area (Å²) in [6.07, 6.45) is 6.00. The summed E-state index contributed by atoms with van der Waals surface area (Å²) >= 11 is 0. The summed E-state index contributed by atoms with van der Waals surface area (Å²) in [4.78, 5) is 5.04. The van der Waals surface area contributed by atoms with Gasteiger partial charge in [0.15, 0.2) is 0 Å². The van der Waals surface area contributed by atoms with Crippen molar-refractivity contribution < 1.29 is 9.30 Å². The molecule has 5 nitrogen and oxygen atoms in total. The number of aromatic nitrogens is 4. The Kier molecular flexibility index (Phi) is 13.0. The van der Waals surface area contributed by atoms with Gasteiger partial charge in [-0.1, -0.05) is 213 Å². The average Bonchev–Trinajstić information content (AvgIpc) is 3.97. The molecule has 0 radical (unpaired) electrons. The van der Waals surface area contributed by atoms with E-state index in [4.69, 9.17) is 9.72 Å². The van der Waals surface area contributed by atoms with Gasteiger partial charge in [-0.15, -0.1) is 0 Å². The number of pyridine rings is 1. The van der Waals surface area contributed by atoms with Gasteiger partial charge in [0.2, 0.25) is 0 Å². The number of nitrogens with zero attached hydrogens (tertiary/aromatic N) is 4. The molecule has 3 aromatic heterocycles. The molecule has 0 spiro atoms. The molecule has 76 heavy (non-hydrogen) atoms. The molecule has 3 heterocycles. The Balaban J connectivity index is 1.17. The monoisotopic (exact) mass is 1000 g/mol. The van der Waals surface area contributed by atoms with Crippen LogP contribution in [0.3, 0.4) is 0 Å². The highest BCUT2D eigenvalue weighted by atomic mass is 16.5. The number of benzene rings is 7. The Morgan fingerprint density at radius 3 is 1.54 bits per heavy atom. The van der Waals surface area contributed by atoms with E-state index >= 15 is 0 Å². The second-order valence-electron chi connectivity index (χ2n) is 25.7. The van der Waals surface area contributed by atoms with Gasteiger partial charge in [-0.05, 0) is 122 Å². The van der Waals surface area contributed by atoms with Crippen LogP contribution < -0.4 is 9.30 Å². The van der Waals surface area contributed by atoms with Crippen LogP contribution in [0.5, 0.6) is 11.5 Å². The Labute approximate surface area is 452 Å². The smallest absolute Gasteiger partial charge is 0.269 e.